The minimum atomic E-state index is -0.883. The van der Waals surface area contributed by atoms with E-state index in [2.05, 4.69) is 0 Å². The highest BCUT2D eigenvalue weighted by molar-refractivity contribution is 5.79. The Labute approximate surface area is 117 Å². The normalized spacial score (nSPS) is 59.1. The van der Waals surface area contributed by atoms with Gasteiger partial charge in [0.1, 0.15) is 17.1 Å². The third-order valence-corrected chi connectivity index (χ3v) is 6.52. The van der Waals surface area contributed by atoms with Crippen molar-refractivity contribution < 1.29 is 24.1 Å². The van der Waals surface area contributed by atoms with Crippen LogP contribution in [0.4, 0.5) is 0 Å². The molecule has 0 aromatic rings. The van der Waals surface area contributed by atoms with E-state index < -0.39 is 28.6 Å². The minimum Gasteiger partial charge on any atom is -0.481 e. The van der Waals surface area contributed by atoms with Gasteiger partial charge in [-0.2, -0.15) is 0 Å². The lowest BCUT2D eigenvalue weighted by Gasteiger charge is -2.42. The summed E-state index contributed by atoms with van der Waals surface area (Å²) in [5.41, 5.74) is -1.65. The molecule has 4 aliphatic heterocycles. The highest BCUT2D eigenvalue weighted by atomic mass is 17.1. The molecule has 0 amide bonds. The van der Waals surface area contributed by atoms with Gasteiger partial charge in [0.2, 0.25) is 0 Å². The fourth-order valence-corrected chi connectivity index (χ4v) is 5.24. The Bertz CT molecular complexity index is 504. The molecule has 1 saturated carbocycles. The summed E-state index contributed by atoms with van der Waals surface area (Å²) in [4.78, 5) is 11.9. The third-order valence-electron chi connectivity index (χ3n) is 6.52. The second-order valence-corrected chi connectivity index (χ2v) is 7.47. The predicted molar refractivity (Wildman–Crippen MR) is 66.8 cm³/mol. The number of hydrogen-bond donors (Lipinski definition) is 1. The van der Waals surface area contributed by atoms with Crippen molar-refractivity contribution in [1.29, 1.82) is 0 Å². The number of rotatable bonds is 3. The summed E-state index contributed by atoms with van der Waals surface area (Å²) in [5.74, 6) is -1.51. The van der Waals surface area contributed by atoms with E-state index in [-0.39, 0.29) is 6.10 Å². The molecule has 0 radical (unpaired) electrons. The van der Waals surface area contributed by atoms with Crippen LogP contribution in [-0.2, 0) is 19.0 Å². The molecule has 5 heteroatoms. The molecule has 5 fully saturated rings. The van der Waals surface area contributed by atoms with Gasteiger partial charge in [0, 0.05) is 0 Å². The monoisotopic (exact) mass is 280 g/mol. The van der Waals surface area contributed by atoms with Gasteiger partial charge < -0.3 is 19.3 Å². The van der Waals surface area contributed by atoms with Crippen LogP contribution >= 0.6 is 0 Å². The molecule has 20 heavy (non-hydrogen) atoms. The number of carbonyl (C=O) groups is 1. The molecule has 4 heterocycles. The van der Waals surface area contributed by atoms with E-state index in [0.717, 1.165) is 6.42 Å². The molecule has 3 unspecified atom stereocenters. The van der Waals surface area contributed by atoms with E-state index in [0.29, 0.717) is 12.3 Å². The molecule has 0 aromatic heterocycles. The van der Waals surface area contributed by atoms with Crippen LogP contribution in [-0.4, -0.2) is 34.4 Å². The van der Waals surface area contributed by atoms with Crippen LogP contribution in [0.5, 0.6) is 0 Å². The SMILES string of the molecule is CC1(C(=O)O)CC2OC1(CC1CCCCC1)C13OC21O3. The van der Waals surface area contributed by atoms with Gasteiger partial charge in [-0.05, 0) is 25.7 Å². The lowest BCUT2D eigenvalue weighted by atomic mass is 9.62. The third kappa shape index (κ3) is 0.964. The summed E-state index contributed by atoms with van der Waals surface area (Å²) in [6.45, 7) is 1.82. The van der Waals surface area contributed by atoms with Crippen LogP contribution in [0.1, 0.15) is 51.9 Å². The van der Waals surface area contributed by atoms with Crippen molar-refractivity contribution in [2.45, 2.75) is 75.1 Å². The van der Waals surface area contributed by atoms with Crippen molar-refractivity contribution in [3.8, 4) is 0 Å². The topological polar surface area (TPSA) is 71.6 Å². The fourth-order valence-electron chi connectivity index (χ4n) is 5.24. The average molecular weight is 280 g/mol. The second kappa shape index (κ2) is 3.08. The molecule has 4 saturated heterocycles. The zero-order valence-electron chi connectivity index (χ0n) is 11.7. The highest BCUT2D eigenvalue weighted by Gasteiger charge is 3.10. The van der Waals surface area contributed by atoms with Gasteiger partial charge in [0.05, 0.1) is 0 Å². The number of carboxylic acid groups (broad SMARTS) is 1. The molecule has 3 atom stereocenters. The maximum atomic E-state index is 11.9. The predicted octanol–water partition coefficient (Wildman–Crippen LogP) is 2.04. The first-order chi connectivity index (χ1) is 9.50. The Balaban J connectivity index is 1.53. The number of epoxide rings is 2. The Kier molecular flexibility index (Phi) is 1.84. The van der Waals surface area contributed by atoms with Crippen molar-refractivity contribution >= 4 is 5.97 Å². The zero-order chi connectivity index (χ0) is 13.8. The van der Waals surface area contributed by atoms with Gasteiger partial charge in [0.15, 0.2) is 0 Å². The lowest BCUT2D eigenvalue weighted by Crippen LogP contribution is -2.56. The minimum absolute atomic E-state index is 0.188. The number of fused-ring (bicyclic) bond motifs is 2. The number of ether oxygens (including phenoxy) is 3. The first-order valence-electron chi connectivity index (χ1n) is 7.81. The first kappa shape index (κ1) is 12.0. The van der Waals surface area contributed by atoms with Crippen LogP contribution in [0, 0.1) is 11.3 Å². The van der Waals surface area contributed by atoms with E-state index in [9.17, 15) is 9.90 Å². The molecular formula is C15H20O5. The van der Waals surface area contributed by atoms with Gasteiger partial charge in [-0.3, -0.25) is 4.79 Å². The largest absolute Gasteiger partial charge is 0.481 e. The number of aliphatic carboxylic acids is 1. The Hall–Kier alpha value is -0.650. The summed E-state index contributed by atoms with van der Waals surface area (Å²) in [6, 6.07) is 0. The quantitative estimate of drug-likeness (QED) is 0.801. The summed E-state index contributed by atoms with van der Waals surface area (Å²) in [7, 11) is 0. The number of hydrogen-bond acceptors (Lipinski definition) is 4. The highest BCUT2D eigenvalue weighted by Crippen LogP contribution is 2.87. The average Bonchev–Trinajstić information content (AvgIpc) is 3.18. The molecule has 5 rings (SSSR count). The van der Waals surface area contributed by atoms with Crippen molar-refractivity contribution in [3.05, 3.63) is 0 Å². The van der Waals surface area contributed by atoms with Crippen molar-refractivity contribution in [2.24, 2.45) is 11.3 Å². The summed E-state index contributed by atoms with van der Waals surface area (Å²) in [6.07, 6.45) is 7.23. The molecule has 2 bridgehead atoms. The molecule has 110 valence electrons. The van der Waals surface area contributed by atoms with E-state index in [1.54, 1.807) is 0 Å². The lowest BCUT2D eigenvalue weighted by molar-refractivity contribution is -0.274. The van der Waals surface area contributed by atoms with E-state index in [1.807, 2.05) is 6.92 Å². The van der Waals surface area contributed by atoms with Crippen LogP contribution in [0.2, 0.25) is 0 Å². The van der Waals surface area contributed by atoms with Crippen LogP contribution < -0.4 is 0 Å². The number of carboxylic acids is 1. The Morgan fingerprint density at radius 1 is 1.25 bits per heavy atom. The Morgan fingerprint density at radius 3 is 2.55 bits per heavy atom. The van der Waals surface area contributed by atoms with Crippen molar-refractivity contribution in [1.82, 2.24) is 0 Å². The zero-order valence-corrected chi connectivity index (χ0v) is 11.7. The van der Waals surface area contributed by atoms with E-state index in [4.69, 9.17) is 14.2 Å². The van der Waals surface area contributed by atoms with Gasteiger partial charge in [-0.15, -0.1) is 0 Å². The smallest absolute Gasteiger partial charge is 0.312 e. The second-order valence-electron chi connectivity index (χ2n) is 7.47. The standard InChI is InChI=1S/C15H20O5/c1-12(11(16)17)8-10-14-15(19-14,20-14)13(12,18-10)7-9-5-3-2-4-6-9/h9-10H,2-8H2,1H3,(H,16,17). The summed E-state index contributed by atoms with van der Waals surface area (Å²) >= 11 is 0. The first-order valence-corrected chi connectivity index (χ1v) is 7.81. The molecule has 0 spiro atoms. The van der Waals surface area contributed by atoms with Crippen LogP contribution in [0.3, 0.4) is 0 Å². The van der Waals surface area contributed by atoms with E-state index in [1.165, 1.54) is 32.1 Å². The van der Waals surface area contributed by atoms with Crippen LogP contribution in [0.15, 0.2) is 0 Å². The molecule has 0 aromatic carbocycles. The molecule has 5 nitrogen and oxygen atoms in total. The van der Waals surface area contributed by atoms with Gasteiger partial charge in [0.25, 0.3) is 11.6 Å². The maximum absolute atomic E-state index is 11.9. The summed E-state index contributed by atoms with van der Waals surface area (Å²) in [5, 5.41) is 9.77. The molecular weight excluding hydrogens is 260 g/mol. The van der Waals surface area contributed by atoms with E-state index >= 15 is 0 Å². The van der Waals surface area contributed by atoms with Crippen LogP contribution in [0.25, 0.3) is 0 Å². The summed E-state index contributed by atoms with van der Waals surface area (Å²) < 4.78 is 17.8. The maximum Gasteiger partial charge on any atom is 0.312 e. The molecule has 1 aliphatic carbocycles. The molecule has 5 aliphatic rings. The Morgan fingerprint density at radius 2 is 1.95 bits per heavy atom. The van der Waals surface area contributed by atoms with Gasteiger partial charge in [-0.25, -0.2) is 0 Å². The van der Waals surface area contributed by atoms with Crippen molar-refractivity contribution in [2.75, 3.05) is 0 Å². The molecule has 1 N–H and O–H groups in total. The van der Waals surface area contributed by atoms with Crippen molar-refractivity contribution in [3.63, 3.8) is 0 Å². The van der Waals surface area contributed by atoms with Gasteiger partial charge >= 0.3 is 5.97 Å². The fraction of sp³-hybridized carbons (Fsp3) is 0.933. The van der Waals surface area contributed by atoms with Gasteiger partial charge in [-0.1, -0.05) is 32.1 Å².